The number of rotatable bonds is 4. The van der Waals surface area contributed by atoms with Gasteiger partial charge in [0.1, 0.15) is 0 Å². The molecule has 0 saturated carbocycles. The first kappa shape index (κ1) is 13.3. The fourth-order valence-corrected chi connectivity index (χ4v) is 2.38. The maximum Gasteiger partial charge on any atom is 0.165 e. The Hall–Kier alpha value is -1.17. The summed E-state index contributed by atoms with van der Waals surface area (Å²) in [6.45, 7) is 4.92. The highest BCUT2D eigenvalue weighted by Crippen LogP contribution is 2.30. The lowest BCUT2D eigenvalue weighted by Gasteiger charge is -2.19. The molecule has 1 aliphatic heterocycles. The number of hydrogen-bond acceptors (Lipinski definition) is 4. The normalized spacial score (nSPS) is 27.4. The Morgan fingerprint density at radius 3 is 2.78 bits per heavy atom. The van der Waals surface area contributed by atoms with Gasteiger partial charge in [0.05, 0.1) is 12.6 Å². The lowest BCUT2D eigenvalue weighted by molar-refractivity contribution is 0.320. The number of hydrogen-bond donors (Lipinski definition) is 3. The molecule has 2 rings (SSSR count). The monoisotopic (exact) mass is 253 g/mol. The van der Waals surface area contributed by atoms with Crippen LogP contribution in [0.3, 0.4) is 0 Å². The maximum atomic E-state index is 13.8. The summed E-state index contributed by atoms with van der Waals surface area (Å²) in [4.78, 5) is 0. The van der Waals surface area contributed by atoms with Crippen LogP contribution in [0.2, 0.25) is 0 Å². The average molecular weight is 253 g/mol. The molecule has 1 aromatic carbocycles. The largest absolute Gasteiger partial charge is 0.491 e. The molecule has 0 spiro atoms. The summed E-state index contributed by atoms with van der Waals surface area (Å²) in [6.07, 6.45) is 0. The van der Waals surface area contributed by atoms with Crippen LogP contribution in [0.25, 0.3) is 0 Å². The van der Waals surface area contributed by atoms with E-state index in [0.29, 0.717) is 18.9 Å². The van der Waals surface area contributed by atoms with Gasteiger partial charge in [0.2, 0.25) is 0 Å². The first-order valence-corrected chi connectivity index (χ1v) is 6.30. The van der Waals surface area contributed by atoms with E-state index in [1.807, 2.05) is 13.0 Å². The minimum atomic E-state index is -0.327. The minimum absolute atomic E-state index is 0.0372. The van der Waals surface area contributed by atoms with E-state index in [1.165, 1.54) is 6.07 Å². The molecule has 18 heavy (non-hydrogen) atoms. The summed E-state index contributed by atoms with van der Waals surface area (Å²) < 4.78 is 19.0. The third kappa shape index (κ3) is 2.48. The van der Waals surface area contributed by atoms with Gasteiger partial charge in [0.25, 0.3) is 0 Å². The van der Waals surface area contributed by atoms with E-state index < -0.39 is 0 Å². The molecule has 0 radical (unpaired) electrons. The van der Waals surface area contributed by atoms with Crippen molar-refractivity contribution in [1.82, 2.24) is 10.9 Å². The Bertz CT molecular complexity index is 413. The molecule has 0 bridgehead atoms. The molecule has 3 unspecified atom stereocenters. The van der Waals surface area contributed by atoms with Gasteiger partial charge in [-0.15, -0.1) is 0 Å². The van der Waals surface area contributed by atoms with E-state index in [9.17, 15) is 4.39 Å². The summed E-state index contributed by atoms with van der Waals surface area (Å²) in [6, 6.07) is 5.38. The van der Waals surface area contributed by atoms with Gasteiger partial charge in [-0.1, -0.05) is 6.07 Å². The van der Waals surface area contributed by atoms with Crippen LogP contribution in [-0.4, -0.2) is 19.2 Å². The molecular weight excluding hydrogens is 233 g/mol. The van der Waals surface area contributed by atoms with Crippen LogP contribution in [0.1, 0.15) is 25.5 Å². The zero-order valence-electron chi connectivity index (χ0n) is 10.7. The van der Waals surface area contributed by atoms with Crippen LogP contribution in [0, 0.1) is 11.7 Å². The molecule has 1 fully saturated rings. The van der Waals surface area contributed by atoms with Crippen LogP contribution in [0.5, 0.6) is 5.75 Å². The highest BCUT2D eigenvalue weighted by atomic mass is 19.1. The zero-order valence-corrected chi connectivity index (χ0v) is 10.7. The molecule has 1 saturated heterocycles. The second kappa shape index (κ2) is 5.65. The van der Waals surface area contributed by atoms with Crippen molar-refractivity contribution in [2.24, 2.45) is 11.7 Å². The SMILES string of the molecule is CCOc1ccc(C2NNC(C)C2CN)cc1F. The second-order valence-corrected chi connectivity index (χ2v) is 4.58. The summed E-state index contributed by atoms with van der Waals surface area (Å²) in [5, 5.41) is 0. The Balaban J connectivity index is 2.21. The van der Waals surface area contributed by atoms with Gasteiger partial charge < -0.3 is 10.5 Å². The highest BCUT2D eigenvalue weighted by molar-refractivity contribution is 5.32. The number of nitrogens with two attached hydrogens (primary N) is 1. The maximum absolute atomic E-state index is 13.8. The number of halogens is 1. The molecule has 1 aromatic rings. The van der Waals surface area contributed by atoms with Crippen LogP contribution in [0.15, 0.2) is 18.2 Å². The number of hydrazine groups is 1. The van der Waals surface area contributed by atoms with Gasteiger partial charge in [-0.3, -0.25) is 5.43 Å². The van der Waals surface area contributed by atoms with Crippen LogP contribution < -0.4 is 21.3 Å². The van der Waals surface area contributed by atoms with Crippen molar-refractivity contribution in [3.05, 3.63) is 29.6 Å². The Kier molecular flexibility index (Phi) is 4.16. The third-order valence-electron chi connectivity index (χ3n) is 3.42. The Morgan fingerprint density at radius 1 is 1.39 bits per heavy atom. The molecule has 4 N–H and O–H groups in total. The van der Waals surface area contributed by atoms with E-state index in [0.717, 1.165) is 5.56 Å². The van der Waals surface area contributed by atoms with Gasteiger partial charge in [0, 0.05) is 12.0 Å². The first-order chi connectivity index (χ1) is 8.67. The van der Waals surface area contributed by atoms with Gasteiger partial charge in [-0.05, 0) is 38.1 Å². The highest BCUT2D eigenvalue weighted by Gasteiger charge is 2.33. The zero-order chi connectivity index (χ0) is 13.1. The fraction of sp³-hybridized carbons (Fsp3) is 0.538. The first-order valence-electron chi connectivity index (χ1n) is 6.30. The molecule has 0 aliphatic carbocycles. The number of nitrogens with one attached hydrogen (secondary N) is 2. The van der Waals surface area contributed by atoms with Crippen molar-refractivity contribution in [2.75, 3.05) is 13.2 Å². The molecule has 1 aliphatic rings. The lowest BCUT2D eigenvalue weighted by Crippen LogP contribution is -2.30. The lowest BCUT2D eigenvalue weighted by atomic mass is 9.90. The minimum Gasteiger partial charge on any atom is -0.491 e. The van der Waals surface area contributed by atoms with Crippen LogP contribution in [0.4, 0.5) is 4.39 Å². The van der Waals surface area contributed by atoms with E-state index in [2.05, 4.69) is 17.8 Å². The fourth-order valence-electron chi connectivity index (χ4n) is 2.38. The van der Waals surface area contributed by atoms with E-state index >= 15 is 0 Å². The van der Waals surface area contributed by atoms with Gasteiger partial charge in [-0.2, -0.15) is 0 Å². The molecule has 1 heterocycles. The third-order valence-corrected chi connectivity index (χ3v) is 3.42. The van der Waals surface area contributed by atoms with Gasteiger partial charge >= 0.3 is 0 Å². The quantitative estimate of drug-likeness (QED) is 0.758. The molecule has 5 heteroatoms. The Morgan fingerprint density at radius 2 is 2.17 bits per heavy atom. The predicted octanol–water partition coefficient (Wildman–Crippen LogP) is 1.34. The second-order valence-electron chi connectivity index (χ2n) is 4.58. The van der Waals surface area contributed by atoms with Crippen molar-refractivity contribution in [3.63, 3.8) is 0 Å². The summed E-state index contributed by atoms with van der Waals surface area (Å²) >= 11 is 0. The standard InChI is InChI=1S/C13H20FN3O/c1-3-18-12-5-4-9(6-11(12)14)13-10(7-15)8(2)16-17-13/h4-6,8,10,13,16-17H,3,7,15H2,1-2H3. The summed E-state index contributed by atoms with van der Waals surface area (Å²) in [5.74, 6) is 0.221. The smallest absolute Gasteiger partial charge is 0.165 e. The van der Waals surface area contributed by atoms with E-state index in [1.54, 1.807) is 6.07 Å². The van der Waals surface area contributed by atoms with Gasteiger partial charge in [0.15, 0.2) is 11.6 Å². The van der Waals surface area contributed by atoms with E-state index in [-0.39, 0.29) is 23.8 Å². The average Bonchev–Trinajstić information content (AvgIpc) is 2.73. The molecule has 0 aromatic heterocycles. The molecule has 0 amide bonds. The molecular formula is C13H20FN3O. The van der Waals surface area contributed by atoms with Crippen molar-refractivity contribution in [1.29, 1.82) is 0 Å². The number of benzene rings is 1. The van der Waals surface area contributed by atoms with Crippen LogP contribution in [-0.2, 0) is 0 Å². The molecule has 100 valence electrons. The van der Waals surface area contributed by atoms with E-state index in [4.69, 9.17) is 10.5 Å². The van der Waals surface area contributed by atoms with Crippen molar-refractivity contribution in [2.45, 2.75) is 25.9 Å². The van der Waals surface area contributed by atoms with Crippen molar-refractivity contribution >= 4 is 0 Å². The van der Waals surface area contributed by atoms with Crippen LogP contribution >= 0.6 is 0 Å². The summed E-state index contributed by atoms with van der Waals surface area (Å²) in [7, 11) is 0. The number of ether oxygens (including phenoxy) is 1. The van der Waals surface area contributed by atoms with Crippen molar-refractivity contribution in [3.8, 4) is 5.75 Å². The van der Waals surface area contributed by atoms with Gasteiger partial charge in [-0.25, -0.2) is 9.82 Å². The predicted molar refractivity (Wildman–Crippen MR) is 68.6 cm³/mol. The molecule has 3 atom stereocenters. The Labute approximate surface area is 107 Å². The van der Waals surface area contributed by atoms with Crippen molar-refractivity contribution < 1.29 is 9.13 Å². The topological polar surface area (TPSA) is 59.3 Å². The summed E-state index contributed by atoms with van der Waals surface area (Å²) in [5.41, 5.74) is 13.0. The molecule has 4 nitrogen and oxygen atoms in total.